The van der Waals surface area contributed by atoms with Gasteiger partial charge in [0.05, 0.1) is 12.5 Å². The summed E-state index contributed by atoms with van der Waals surface area (Å²) in [6.45, 7) is 1.64. The highest BCUT2D eigenvalue weighted by Gasteiger charge is 2.45. The van der Waals surface area contributed by atoms with E-state index in [1.165, 1.54) is 12.3 Å². The smallest absolute Gasteiger partial charge is 0.268 e. The molecule has 2 aromatic rings. The van der Waals surface area contributed by atoms with Crippen LogP contribution in [0.1, 0.15) is 31.7 Å². The Balaban J connectivity index is 1.80. The monoisotopic (exact) mass is 398 g/mol. The van der Waals surface area contributed by atoms with E-state index in [0.29, 0.717) is 18.9 Å². The molecule has 1 aliphatic carbocycles. The Morgan fingerprint density at radius 1 is 1.21 bits per heavy atom. The lowest BCUT2D eigenvalue weighted by Crippen LogP contribution is -2.53. The van der Waals surface area contributed by atoms with Crippen molar-refractivity contribution in [3.63, 3.8) is 0 Å². The fourth-order valence-electron chi connectivity index (χ4n) is 3.56. The van der Waals surface area contributed by atoms with Crippen LogP contribution in [0, 0.1) is 23.4 Å². The summed E-state index contributed by atoms with van der Waals surface area (Å²) < 4.78 is 69.7. The molecule has 3 rings (SSSR count). The molecular weight excluding hydrogens is 379 g/mol. The minimum atomic E-state index is -3.02. The second-order valence-electron chi connectivity index (χ2n) is 7.14. The summed E-state index contributed by atoms with van der Waals surface area (Å²) in [6.07, 6.45) is 1.35. The van der Waals surface area contributed by atoms with E-state index in [0.717, 1.165) is 12.1 Å². The number of carbonyl (C=O) groups is 1. The average Bonchev–Trinajstić information content (AvgIpc) is 2.59. The number of rotatable bonds is 4. The standard InChI is InChI=1S/C20H19F5N2O/c1-11-3-2-5-20(24,25)19(11)27-16(28)9-12-4-6-26-18(17(12)23)13-7-14(21)10-15(22)8-13/h4,6-8,10-11,19H,2-3,5,9H2,1H3,(H,27,28)/t11-,19+/m0/s1. The van der Waals surface area contributed by atoms with E-state index in [4.69, 9.17) is 0 Å². The van der Waals surface area contributed by atoms with Crippen molar-refractivity contribution in [3.8, 4) is 11.3 Å². The molecule has 1 saturated carbocycles. The van der Waals surface area contributed by atoms with E-state index < -0.39 is 47.7 Å². The highest BCUT2D eigenvalue weighted by atomic mass is 19.3. The molecule has 2 atom stereocenters. The van der Waals surface area contributed by atoms with Gasteiger partial charge in [-0.15, -0.1) is 0 Å². The molecule has 28 heavy (non-hydrogen) atoms. The Kier molecular flexibility index (Phi) is 5.67. The number of benzene rings is 1. The predicted molar refractivity (Wildman–Crippen MR) is 93.1 cm³/mol. The van der Waals surface area contributed by atoms with Crippen LogP contribution in [-0.2, 0) is 11.2 Å². The van der Waals surface area contributed by atoms with Crippen LogP contribution in [0.3, 0.4) is 0 Å². The molecule has 0 aliphatic heterocycles. The fraction of sp³-hybridized carbons (Fsp3) is 0.400. The van der Waals surface area contributed by atoms with Gasteiger partial charge in [0.2, 0.25) is 5.91 Å². The predicted octanol–water partition coefficient (Wildman–Crippen LogP) is 4.65. The number of alkyl halides is 2. The number of aromatic nitrogens is 1. The Morgan fingerprint density at radius 2 is 1.89 bits per heavy atom. The van der Waals surface area contributed by atoms with E-state index in [-0.39, 0.29) is 23.2 Å². The first-order chi connectivity index (χ1) is 13.2. The summed E-state index contributed by atoms with van der Waals surface area (Å²) in [5.41, 5.74) is -0.538. The highest BCUT2D eigenvalue weighted by molar-refractivity contribution is 5.79. The van der Waals surface area contributed by atoms with Gasteiger partial charge < -0.3 is 5.32 Å². The maximum atomic E-state index is 14.8. The highest BCUT2D eigenvalue weighted by Crippen LogP contribution is 2.37. The molecule has 150 valence electrons. The number of amides is 1. The van der Waals surface area contributed by atoms with E-state index in [1.807, 2.05) is 0 Å². The van der Waals surface area contributed by atoms with Gasteiger partial charge in [0, 0.05) is 29.8 Å². The lowest BCUT2D eigenvalue weighted by molar-refractivity contribution is -0.130. The third-order valence-corrected chi connectivity index (χ3v) is 4.97. The van der Waals surface area contributed by atoms with Gasteiger partial charge in [0.15, 0.2) is 5.82 Å². The first-order valence-electron chi connectivity index (χ1n) is 8.94. The van der Waals surface area contributed by atoms with Crippen molar-refractivity contribution in [2.45, 2.75) is 44.6 Å². The average molecular weight is 398 g/mol. The van der Waals surface area contributed by atoms with E-state index in [2.05, 4.69) is 10.3 Å². The maximum absolute atomic E-state index is 14.8. The maximum Gasteiger partial charge on any atom is 0.268 e. The van der Waals surface area contributed by atoms with Crippen molar-refractivity contribution in [2.75, 3.05) is 0 Å². The van der Waals surface area contributed by atoms with Crippen LogP contribution < -0.4 is 5.32 Å². The molecule has 0 saturated heterocycles. The number of pyridine rings is 1. The molecule has 0 radical (unpaired) electrons. The summed E-state index contributed by atoms with van der Waals surface area (Å²) in [6, 6.07) is 2.40. The number of nitrogens with zero attached hydrogens (tertiary/aromatic N) is 1. The molecule has 1 N–H and O–H groups in total. The van der Waals surface area contributed by atoms with Gasteiger partial charge in [-0.3, -0.25) is 9.78 Å². The van der Waals surface area contributed by atoms with Crippen LogP contribution in [0.15, 0.2) is 30.5 Å². The van der Waals surface area contributed by atoms with Crippen molar-refractivity contribution in [1.82, 2.24) is 10.3 Å². The summed E-state index contributed by atoms with van der Waals surface area (Å²) in [4.78, 5) is 16.1. The molecule has 1 heterocycles. The minimum Gasteiger partial charge on any atom is -0.347 e. The summed E-state index contributed by atoms with van der Waals surface area (Å²) in [5.74, 6) is -6.89. The van der Waals surface area contributed by atoms with Crippen molar-refractivity contribution < 1.29 is 26.7 Å². The van der Waals surface area contributed by atoms with Crippen molar-refractivity contribution in [1.29, 1.82) is 0 Å². The number of nitrogens with one attached hydrogen (secondary N) is 1. The summed E-state index contributed by atoms with van der Waals surface area (Å²) in [5, 5.41) is 2.32. The third-order valence-electron chi connectivity index (χ3n) is 4.97. The van der Waals surface area contributed by atoms with Crippen LogP contribution in [0.2, 0.25) is 0 Å². The summed E-state index contributed by atoms with van der Waals surface area (Å²) >= 11 is 0. The van der Waals surface area contributed by atoms with Gasteiger partial charge in [0.25, 0.3) is 5.92 Å². The van der Waals surface area contributed by atoms with Gasteiger partial charge in [0.1, 0.15) is 17.3 Å². The Labute approximate surface area is 159 Å². The lowest BCUT2D eigenvalue weighted by Gasteiger charge is -2.36. The van der Waals surface area contributed by atoms with Gasteiger partial charge in [-0.05, 0) is 37.0 Å². The molecule has 3 nitrogen and oxygen atoms in total. The zero-order chi connectivity index (χ0) is 20.5. The minimum absolute atomic E-state index is 0.0982. The molecule has 1 fully saturated rings. The van der Waals surface area contributed by atoms with Crippen LogP contribution in [0.5, 0.6) is 0 Å². The van der Waals surface area contributed by atoms with Crippen LogP contribution >= 0.6 is 0 Å². The lowest BCUT2D eigenvalue weighted by atomic mass is 9.83. The van der Waals surface area contributed by atoms with Gasteiger partial charge in [-0.2, -0.15) is 0 Å². The van der Waals surface area contributed by atoms with E-state index in [1.54, 1.807) is 6.92 Å². The first kappa shape index (κ1) is 20.2. The molecule has 1 aromatic heterocycles. The van der Waals surface area contributed by atoms with Crippen molar-refractivity contribution in [3.05, 3.63) is 53.5 Å². The third kappa shape index (κ3) is 4.31. The van der Waals surface area contributed by atoms with Crippen molar-refractivity contribution in [2.24, 2.45) is 5.92 Å². The van der Waals surface area contributed by atoms with Gasteiger partial charge in [-0.1, -0.05) is 6.92 Å². The molecule has 0 bridgehead atoms. The molecule has 1 amide bonds. The number of hydrogen-bond donors (Lipinski definition) is 1. The molecule has 1 aliphatic rings. The second-order valence-corrected chi connectivity index (χ2v) is 7.14. The zero-order valence-corrected chi connectivity index (χ0v) is 15.1. The molecule has 0 spiro atoms. The fourth-order valence-corrected chi connectivity index (χ4v) is 3.56. The number of carbonyl (C=O) groups excluding carboxylic acids is 1. The quantitative estimate of drug-likeness (QED) is 0.762. The molecule has 8 heteroatoms. The normalized spacial score (nSPS) is 21.4. The van der Waals surface area contributed by atoms with Gasteiger partial charge in [-0.25, -0.2) is 22.0 Å². The Bertz CT molecular complexity index is 867. The second kappa shape index (κ2) is 7.85. The van der Waals surface area contributed by atoms with E-state index >= 15 is 0 Å². The van der Waals surface area contributed by atoms with Crippen molar-refractivity contribution >= 4 is 5.91 Å². The van der Waals surface area contributed by atoms with Gasteiger partial charge >= 0.3 is 0 Å². The Hall–Kier alpha value is -2.51. The first-order valence-corrected chi connectivity index (χ1v) is 8.94. The SMILES string of the molecule is C[C@H]1CCCC(F)(F)[C@@H]1NC(=O)Cc1ccnc(-c2cc(F)cc(F)c2)c1F. The van der Waals surface area contributed by atoms with Crippen LogP contribution in [-0.4, -0.2) is 22.9 Å². The van der Waals surface area contributed by atoms with Crippen LogP contribution in [0.4, 0.5) is 22.0 Å². The molecule has 0 unspecified atom stereocenters. The Morgan fingerprint density at radius 3 is 2.54 bits per heavy atom. The summed E-state index contributed by atoms with van der Waals surface area (Å²) in [7, 11) is 0. The molecule has 1 aromatic carbocycles. The zero-order valence-electron chi connectivity index (χ0n) is 15.1. The number of halogens is 5. The van der Waals surface area contributed by atoms with Crippen LogP contribution in [0.25, 0.3) is 11.3 Å². The molecular formula is C20H19F5N2O. The largest absolute Gasteiger partial charge is 0.347 e. The van der Waals surface area contributed by atoms with E-state index in [9.17, 15) is 26.7 Å². The topological polar surface area (TPSA) is 42.0 Å². The number of hydrogen-bond acceptors (Lipinski definition) is 2.